The van der Waals surface area contributed by atoms with Gasteiger partial charge in [-0.3, -0.25) is 0 Å². The third-order valence-corrected chi connectivity index (χ3v) is 3.30. The van der Waals surface area contributed by atoms with E-state index in [0.29, 0.717) is 6.54 Å². The Bertz CT molecular complexity index is 379. The van der Waals surface area contributed by atoms with Gasteiger partial charge >= 0.3 is 0 Å². The monoisotopic (exact) mass is 233 g/mol. The minimum absolute atomic E-state index is 0.629. The van der Waals surface area contributed by atoms with E-state index in [1.165, 1.54) is 42.4 Å². The van der Waals surface area contributed by atoms with Crippen LogP contribution in [0.3, 0.4) is 0 Å². The highest BCUT2D eigenvalue weighted by Gasteiger charge is 2.12. The molecule has 0 aromatic heterocycles. The molecule has 0 aliphatic heterocycles. The number of nitrogens with one attached hydrogen (secondary N) is 1. The molecule has 2 N–H and O–H groups in total. The predicted octanol–water partition coefficient (Wildman–Crippen LogP) is 2.43. The molecular weight excluding hydrogens is 210 g/mol. The number of hydrogen-bond acceptors (Lipinski definition) is 2. The number of rotatable bonds is 4. The lowest BCUT2D eigenvalue weighted by Crippen LogP contribution is -2.34. The smallest absolute Gasteiger partial charge is 0.0715 e. The summed E-state index contributed by atoms with van der Waals surface area (Å²) < 4.78 is 0. The molecule has 0 fully saturated rings. The lowest BCUT2D eigenvalue weighted by Gasteiger charge is -2.19. The van der Waals surface area contributed by atoms with Crippen LogP contribution in [0.25, 0.3) is 0 Å². The first-order chi connectivity index (χ1) is 8.04. The van der Waals surface area contributed by atoms with Crippen LogP contribution >= 0.6 is 0 Å². The van der Waals surface area contributed by atoms with Crippen LogP contribution in [0.5, 0.6) is 0 Å². The van der Waals surface area contributed by atoms with Crippen molar-refractivity contribution in [2.45, 2.75) is 51.7 Å². The quantitative estimate of drug-likeness (QED) is 0.837. The molecule has 2 heteroatoms. The topological polar surface area (TPSA) is 32.3 Å². The Morgan fingerprint density at radius 3 is 2.59 bits per heavy atom. The maximum atomic E-state index is 9.63. The van der Waals surface area contributed by atoms with E-state index in [2.05, 4.69) is 23.5 Å². The van der Waals surface area contributed by atoms with E-state index in [0.717, 1.165) is 6.54 Å². The third-order valence-electron chi connectivity index (χ3n) is 3.30. The molecule has 0 saturated heterocycles. The van der Waals surface area contributed by atoms with Crippen LogP contribution in [0, 0.1) is 0 Å². The maximum absolute atomic E-state index is 9.63. The lowest BCUT2D eigenvalue weighted by molar-refractivity contribution is 0.0795. The SMILES string of the molecule is CC(C)(O)CNCc1ccc2c(c1)CCCC2. The van der Waals surface area contributed by atoms with E-state index in [1.807, 2.05) is 13.8 Å². The fourth-order valence-electron chi connectivity index (χ4n) is 2.41. The zero-order valence-corrected chi connectivity index (χ0v) is 10.9. The van der Waals surface area contributed by atoms with Crippen LogP contribution in [0.1, 0.15) is 43.4 Å². The van der Waals surface area contributed by atoms with Gasteiger partial charge in [-0.1, -0.05) is 18.2 Å². The van der Waals surface area contributed by atoms with Gasteiger partial charge in [0.1, 0.15) is 0 Å². The average molecular weight is 233 g/mol. The van der Waals surface area contributed by atoms with Crippen molar-refractivity contribution in [3.8, 4) is 0 Å². The van der Waals surface area contributed by atoms with Crippen molar-refractivity contribution in [2.24, 2.45) is 0 Å². The van der Waals surface area contributed by atoms with Gasteiger partial charge in [0.25, 0.3) is 0 Å². The van der Waals surface area contributed by atoms with Gasteiger partial charge in [-0.2, -0.15) is 0 Å². The molecule has 94 valence electrons. The molecule has 0 unspecified atom stereocenters. The summed E-state index contributed by atoms with van der Waals surface area (Å²) in [7, 11) is 0. The van der Waals surface area contributed by atoms with Gasteiger partial charge in [0.2, 0.25) is 0 Å². The Balaban J connectivity index is 1.93. The van der Waals surface area contributed by atoms with Crippen molar-refractivity contribution >= 4 is 0 Å². The molecule has 1 aromatic rings. The minimum atomic E-state index is -0.631. The average Bonchev–Trinajstić information content (AvgIpc) is 2.27. The van der Waals surface area contributed by atoms with Gasteiger partial charge in [0.15, 0.2) is 0 Å². The molecule has 0 atom stereocenters. The first-order valence-electron chi connectivity index (χ1n) is 6.58. The van der Waals surface area contributed by atoms with Crippen LogP contribution in [-0.2, 0) is 19.4 Å². The molecule has 0 spiro atoms. The first-order valence-corrected chi connectivity index (χ1v) is 6.58. The minimum Gasteiger partial charge on any atom is -0.389 e. The summed E-state index contributed by atoms with van der Waals surface area (Å²) in [6, 6.07) is 6.81. The Labute approximate surface area is 104 Å². The number of fused-ring (bicyclic) bond motifs is 1. The second kappa shape index (κ2) is 5.19. The van der Waals surface area contributed by atoms with Crippen LogP contribution < -0.4 is 5.32 Å². The van der Waals surface area contributed by atoms with Gasteiger partial charge in [-0.05, 0) is 56.2 Å². The highest BCUT2D eigenvalue weighted by atomic mass is 16.3. The highest BCUT2D eigenvalue weighted by Crippen LogP contribution is 2.22. The highest BCUT2D eigenvalue weighted by molar-refractivity contribution is 5.33. The fraction of sp³-hybridized carbons (Fsp3) is 0.600. The van der Waals surface area contributed by atoms with Crippen LogP contribution in [0.15, 0.2) is 18.2 Å². The van der Waals surface area contributed by atoms with E-state index < -0.39 is 5.60 Å². The number of benzene rings is 1. The summed E-state index contributed by atoms with van der Waals surface area (Å²) in [5, 5.41) is 12.9. The third kappa shape index (κ3) is 3.83. The van der Waals surface area contributed by atoms with Gasteiger partial charge in [0.05, 0.1) is 5.60 Å². The molecule has 0 saturated carbocycles. The van der Waals surface area contributed by atoms with E-state index in [9.17, 15) is 5.11 Å². The van der Waals surface area contributed by atoms with Crippen molar-refractivity contribution in [1.82, 2.24) is 5.32 Å². The van der Waals surface area contributed by atoms with E-state index >= 15 is 0 Å². The Morgan fingerprint density at radius 1 is 1.18 bits per heavy atom. The van der Waals surface area contributed by atoms with E-state index in [4.69, 9.17) is 0 Å². The lowest BCUT2D eigenvalue weighted by atomic mass is 9.90. The summed E-state index contributed by atoms with van der Waals surface area (Å²) in [6.07, 6.45) is 5.14. The number of hydrogen-bond donors (Lipinski definition) is 2. The zero-order valence-electron chi connectivity index (χ0n) is 10.9. The van der Waals surface area contributed by atoms with Crippen molar-refractivity contribution in [2.75, 3.05) is 6.54 Å². The van der Waals surface area contributed by atoms with Crippen molar-refractivity contribution in [1.29, 1.82) is 0 Å². The largest absolute Gasteiger partial charge is 0.389 e. The first kappa shape index (κ1) is 12.6. The van der Waals surface area contributed by atoms with Crippen LogP contribution in [0.2, 0.25) is 0 Å². The molecule has 0 bridgehead atoms. The predicted molar refractivity (Wildman–Crippen MR) is 71.1 cm³/mol. The van der Waals surface area contributed by atoms with Gasteiger partial charge < -0.3 is 10.4 Å². The Hall–Kier alpha value is -0.860. The zero-order chi connectivity index (χ0) is 12.3. The summed E-state index contributed by atoms with van der Waals surface area (Å²) in [6.45, 7) is 5.13. The molecule has 1 aromatic carbocycles. The fourth-order valence-corrected chi connectivity index (χ4v) is 2.41. The maximum Gasteiger partial charge on any atom is 0.0715 e. The van der Waals surface area contributed by atoms with Crippen LogP contribution in [-0.4, -0.2) is 17.3 Å². The molecule has 17 heavy (non-hydrogen) atoms. The number of aliphatic hydroxyl groups is 1. The second-order valence-corrected chi connectivity index (χ2v) is 5.73. The van der Waals surface area contributed by atoms with Crippen molar-refractivity contribution < 1.29 is 5.11 Å². The molecule has 2 nitrogen and oxygen atoms in total. The van der Waals surface area contributed by atoms with E-state index in [1.54, 1.807) is 0 Å². The Morgan fingerprint density at radius 2 is 1.88 bits per heavy atom. The molecular formula is C15H23NO. The molecule has 1 aliphatic rings. The summed E-state index contributed by atoms with van der Waals surface area (Å²) in [5.74, 6) is 0. The molecule has 0 heterocycles. The number of aryl methyl sites for hydroxylation is 2. The summed E-state index contributed by atoms with van der Waals surface area (Å²) in [4.78, 5) is 0. The van der Waals surface area contributed by atoms with Gasteiger partial charge in [-0.25, -0.2) is 0 Å². The standard InChI is InChI=1S/C15H23NO/c1-15(2,17)11-16-10-12-7-8-13-5-3-4-6-14(13)9-12/h7-9,16-17H,3-6,10-11H2,1-2H3. The molecule has 0 amide bonds. The summed E-state index contributed by atoms with van der Waals surface area (Å²) >= 11 is 0. The van der Waals surface area contributed by atoms with Crippen molar-refractivity contribution in [3.63, 3.8) is 0 Å². The summed E-state index contributed by atoms with van der Waals surface area (Å²) in [5.41, 5.74) is 3.75. The molecule has 1 aliphatic carbocycles. The Kier molecular flexibility index (Phi) is 3.85. The van der Waals surface area contributed by atoms with E-state index in [-0.39, 0.29) is 0 Å². The molecule has 2 rings (SSSR count). The van der Waals surface area contributed by atoms with Gasteiger partial charge in [-0.15, -0.1) is 0 Å². The van der Waals surface area contributed by atoms with Gasteiger partial charge in [0, 0.05) is 13.1 Å². The van der Waals surface area contributed by atoms with Crippen LogP contribution in [0.4, 0.5) is 0 Å². The van der Waals surface area contributed by atoms with Crippen molar-refractivity contribution in [3.05, 3.63) is 34.9 Å². The normalized spacial score (nSPS) is 15.7. The second-order valence-electron chi connectivity index (χ2n) is 5.73. The molecule has 0 radical (unpaired) electrons.